The van der Waals surface area contributed by atoms with E-state index in [2.05, 4.69) is 17.6 Å². The summed E-state index contributed by atoms with van der Waals surface area (Å²) in [6.45, 7) is 4.09. The van der Waals surface area contributed by atoms with Gasteiger partial charge in [0, 0.05) is 18.2 Å². The third-order valence-corrected chi connectivity index (χ3v) is 3.43. The van der Waals surface area contributed by atoms with Crippen LogP contribution in [-0.4, -0.2) is 17.9 Å². The van der Waals surface area contributed by atoms with Gasteiger partial charge in [0.05, 0.1) is 5.92 Å². The number of anilines is 1. The Morgan fingerprint density at radius 3 is 2.95 bits per heavy atom. The maximum atomic E-state index is 12.3. The van der Waals surface area contributed by atoms with E-state index < -0.39 is 0 Å². The molecule has 0 spiro atoms. The van der Waals surface area contributed by atoms with Gasteiger partial charge < -0.3 is 10.6 Å². The first kappa shape index (κ1) is 13.6. The average Bonchev–Trinajstić information content (AvgIpc) is 2.37. The molecule has 0 unspecified atom stereocenters. The molecule has 102 valence electrons. The number of para-hydroxylation sites is 1. The van der Waals surface area contributed by atoms with Crippen molar-refractivity contribution < 1.29 is 9.59 Å². The monoisotopic (exact) mass is 260 g/mol. The first-order valence-corrected chi connectivity index (χ1v) is 6.81. The van der Waals surface area contributed by atoms with Crippen LogP contribution in [0.4, 0.5) is 5.69 Å². The van der Waals surface area contributed by atoms with Gasteiger partial charge >= 0.3 is 0 Å². The Kier molecular flexibility index (Phi) is 4.20. The van der Waals surface area contributed by atoms with E-state index in [1.807, 2.05) is 31.2 Å². The lowest BCUT2D eigenvalue weighted by Gasteiger charge is -2.26. The number of hydrogen-bond donors (Lipinski definition) is 2. The molecule has 0 aromatic heterocycles. The maximum absolute atomic E-state index is 12.3. The average molecular weight is 260 g/mol. The molecule has 2 amide bonds. The molecule has 1 heterocycles. The van der Waals surface area contributed by atoms with E-state index in [9.17, 15) is 9.59 Å². The van der Waals surface area contributed by atoms with Crippen LogP contribution in [0.1, 0.15) is 44.6 Å². The fraction of sp³-hybridized carbons (Fsp3) is 0.467. The fourth-order valence-electron chi connectivity index (χ4n) is 2.49. The van der Waals surface area contributed by atoms with E-state index in [4.69, 9.17) is 0 Å². The van der Waals surface area contributed by atoms with E-state index in [0.717, 1.165) is 24.1 Å². The molecular weight excluding hydrogens is 240 g/mol. The molecule has 4 heteroatoms. The van der Waals surface area contributed by atoms with Crippen molar-refractivity contribution in [2.24, 2.45) is 0 Å². The maximum Gasteiger partial charge on any atom is 0.228 e. The molecule has 0 aliphatic carbocycles. The first-order chi connectivity index (χ1) is 9.11. The Hall–Kier alpha value is -1.84. The van der Waals surface area contributed by atoms with E-state index in [1.165, 1.54) is 0 Å². The molecular formula is C15H20N2O2. The van der Waals surface area contributed by atoms with Gasteiger partial charge in [0.2, 0.25) is 11.8 Å². The number of nitrogens with one attached hydrogen (secondary N) is 2. The van der Waals surface area contributed by atoms with E-state index >= 15 is 0 Å². The van der Waals surface area contributed by atoms with Crippen LogP contribution in [-0.2, 0) is 9.59 Å². The van der Waals surface area contributed by atoms with Crippen molar-refractivity contribution in [2.75, 3.05) is 5.32 Å². The lowest BCUT2D eigenvalue weighted by atomic mass is 9.89. The Morgan fingerprint density at radius 2 is 2.21 bits per heavy atom. The summed E-state index contributed by atoms with van der Waals surface area (Å²) in [4.78, 5) is 24.0. The molecule has 0 fully saturated rings. The van der Waals surface area contributed by atoms with Crippen LogP contribution in [0, 0.1) is 0 Å². The van der Waals surface area contributed by atoms with Gasteiger partial charge in [-0.05, 0) is 25.0 Å². The minimum Gasteiger partial charge on any atom is -0.353 e. The minimum absolute atomic E-state index is 0.0525. The van der Waals surface area contributed by atoms with Crippen molar-refractivity contribution >= 4 is 17.5 Å². The van der Waals surface area contributed by atoms with E-state index in [-0.39, 0.29) is 30.2 Å². The zero-order valence-electron chi connectivity index (χ0n) is 11.4. The van der Waals surface area contributed by atoms with Crippen molar-refractivity contribution in [1.29, 1.82) is 0 Å². The Morgan fingerprint density at radius 1 is 1.47 bits per heavy atom. The second-order valence-electron chi connectivity index (χ2n) is 5.09. The molecule has 0 saturated carbocycles. The van der Waals surface area contributed by atoms with Crippen LogP contribution < -0.4 is 10.6 Å². The predicted molar refractivity (Wildman–Crippen MR) is 74.9 cm³/mol. The zero-order chi connectivity index (χ0) is 13.8. The van der Waals surface area contributed by atoms with Gasteiger partial charge in [0.1, 0.15) is 0 Å². The van der Waals surface area contributed by atoms with Crippen molar-refractivity contribution in [3.8, 4) is 0 Å². The fourth-order valence-corrected chi connectivity index (χ4v) is 2.49. The molecule has 1 aliphatic rings. The lowest BCUT2D eigenvalue weighted by Crippen LogP contribution is -2.39. The number of amides is 2. The number of rotatable bonds is 4. The smallest absolute Gasteiger partial charge is 0.228 e. The largest absolute Gasteiger partial charge is 0.353 e. The number of fused-ring (bicyclic) bond motifs is 1. The summed E-state index contributed by atoms with van der Waals surface area (Å²) in [7, 11) is 0. The quantitative estimate of drug-likeness (QED) is 0.873. The highest BCUT2D eigenvalue weighted by molar-refractivity contribution is 6.01. The molecule has 0 bridgehead atoms. The van der Waals surface area contributed by atoms with Crippen LogP contribution >= 0.6 is 0 Å². The zero-order valence-corrected chi connectivity index (χ0v) is 11.4. The van der Waals surface area contributed by atoms with Crippen molar-refractivity contribution in [3.63, 3.8) is 0 Å². The highest BCUT2D eigenvalue weighted by Crippen LogP contribution is 2.32. The summed E-state index contributed by atoms with van der Waals surface area (Å²) in [6.07, 6.45) is 2.21. The summed E-state index contributed by atoms with van der Waals surface area (Å²) in [5, 5.41) is 5.80. The first-order valence-electron chi connectivity index (χ1n) is 6.81. The minimum atomic E-state index is -0.371. The summed E-state index contributed by atoms with van der Waals surface area (Å²) < 4.78 is 0. The van der Waals surface area contributed by atoms with Crippen molar-refractivity contribution in [3.05, 3.63) is 29.8 Å². The van der Waals surface area contributed by atoms with Crippen molar-refractivity contribution in [1.82, 2.24) is 5.32 Å². The van der Waals surface area contributed by atoms with Gasteiger partial charge in [0.15, 0.2) is 0 Å². The lowest BCUT2D eigenvalue weighted by molar-refractivity contribution is -0.126. The van der Waals surface area contributed by atoms with E-state index in [0.29, 0.717) is 0 Å². The van der Waals surface area contributed by atoms with Crippen LogP contribution in [0.25, 0.3) is 0 Å². The van der Waals surface area contributed by atoms with Crippen LogP contribution in [0.15, 0.2) is 24.3 Å². The Bertz CT molecular complexity index is 485. The van der Waals surface area contributed by atoms with Crippen molar-refractivity contribution in [2.45, 2.75) is 45.1 Å². The Balaban J connectivity index is 2.16. The third kappa shape index (κ3) is 3.13. The molecule has 2 atom stereocenters. The second-order valence-corrected chi connectivity index (χ2v) is 5.09. The normalized spacial score (nSPS) is 19.3. The molecule has 2 rings (SSSR count). The molecule has 1 aliphatic heterocycles. The summed E-state index contributed by atoms with van der Waals surface area (Å²) in [6, 6.07) is 7.64. The molecule has 0 saturated heterocycles. The molecule has 19 heavy (non-hydrogen) atoms. The van der Waals surface area contributed by atoms with E-state index in [1.54, 1.807) is 0 Å². The topological polar surface area (TPSA) is 58.2 Å². The highest BCUT2D eigenvalue weighted by atomic mass is 16.2. The molecule has 4 nitrogen and oxygen atoms in total. The summed E-state index contributed by atoms with van der Waals surface area (Å²) >= 11 is 0. The standard InChI is InChI=1S/C15H20N2O2/c1-3-6-10(2)16-15(19)12-9-14(18)17-13-8-5-4-7-11(12)13/h4-5,7-8,10,12H,3,6,9H2,1-2H3,(H,16,19)(H,17,18)/t10-,12-/m1/s1. The van der Waals surface area contributed by atoms with Gasteiger partial charge in [-0.3, -0.25) is 9.59 Å². The molecule has 2 N–H and O–H groups in total. The SMILES string of the molecule is CCC[C@@H](C)NC(=O)[C@@H]1CC(=O)Nc2ccccc21. The van der Waals surface area contributed by atoms with Gasteiger partial charge in [0.25, 0.3) is 0 Å². The predicted octanol–water partition coefficient (Wildman–Crippen LogP) is 2.42. The molecule has 1 aromatic rings. The highest BCUT2D eigenvalue weighted by Gasteiger charge is 2.30. The second kappa shape index (κ2) is 5.87. The van der Waals surface area contributed by atoms with Gasteiger partial charge in [-0.2, -0.15) is 0 Å². The van der Waals surface area contributed by atoms with Gasteiger partial charge in [-0.1, -0.05) is 31.5 Å². The van der Waals surface area contributed by atoms with Crippen LogP contribution in [0.3, 0.4) is 0 Å². The summed E-state index contributed by atoms with van der Waals surface area (Å²) in [5.74, 6) is -0.519. The van der Waals surface area contributed by atoms with Crippen LogP contribution in [0.5, 0.6) is 0 Å². The van der Waals surface area contributed by atoms with Crippen LogP contribution in [0.2, 0.25) is 0 Å². The third-order valence-electron chi connectivity index (χ3n) is 3.43. The summed E-state index contributed by atoms with van der Waals surface area (Å²) in [5.41, 5.74) is 1.66. The van der Waals surface area contributed by atoms with Gasteiger partial charge in [-0.15, -0.1) is 0 Å². The number of carbonyl (C=O) groups is 2. The molecule has 0 radical (unpaired) electrons. The number of carbonyl (C=O) groups excluding carboxylic acids is 2. The number of hydrogen-bond acceptors (Lipinski definition) is 2. The van der Waals surface area contributed by atoms with Gasteiger partial charge in [-0.25, -0.2) is 0 Å². The molecule has 1 aromatic carbocycles. The number of benzene rings is 1. The Labute approximate surface area is 113 Å².